The number of nitrogens with one attached hydrogen (secondary N) is 1. The first-order chi connectivity index (χ1) is 12.3. The fourth-order valence-corrected chi connectivity index (χ4v) is 4.61. The molecule has 3 rings (SSSR count). The van der Waals surface area contributed by atoms with Gasteiger partial charge in [0.1, 0.15) is 5.75 Å². The predicted molar refractivity (Wildman–Crippen MR) is 102 cm³/mol. The van der Waals surface area contributed by atoms with E-state index in [1.165, 1.54) is 30.6 Å². The van der Waals surface area contributed by atoms with Crippen molar-refractivity contribution in [2.24, 2.45) is 11.8 Å². The number of carbonyl (C=O) groups excluding carboxylic acids is 1. The summed E-state index contributed by atoms with van der Waals surface area (Å²) in [6.07, 6.45) is 6.08. The summed E-state index contributed by atoms with van der Waals surface area (Å²) < 4.78 is 30.2. The number of ether oxygens (including phenoxy) is 1. The molecule has 0 saturated heterocycles. The Balaban J connectivity index is 1.60. The molecule has 2 aliphatic carbocycles. The van der Waals surface area contributed by atoms with Gasteiger partial charge in [0.05, 0.1) is 11.9 Å². The molecule has 2 saturated carbocycles. The molecule has 0 radical (unpaired) electrons. The van der Waals surface area contributed by atoms with Crippen molar-refractivity contribution in [3.8, 4) is 5.75 Å². The Bertz CT molecular complexity index is 747. The summed E-state index contributed by atoms with van der Waals surface area (Å²) in [5, 5.41) is 3.18. The summed E-state index contributed by atoms with van der Waals surface area (Å²) in [4.78, 5) is 12.6. The fourth-order valence-electron chi connectivity index (χ4n) is 4.11. The van der Waals surface area contributed by atoms with Crippen molar-refractivity contribution in [1.82, 2.24) is 5.32 Å². The SMILES string of the molecule is CCC(Oc1ccc(N(C)S(C)(=O)=O)cc1)C(=O)NC1CC2CCC1C2. The number of carbonyl (C=O) groups is 1. The quantitative estimate of drug-likeness (QED) is 0.789. The number of hydrogen-bond acceptors (Lipinski definition) is 4. The number of benzene rings is 1. The highest BCUT2D eigenvalue weighted by molar-refractivity contribution is 7.92. The lowest BCUT2D eigenvalue weighted by Crippen LogP contribution is -2.45. The molecule has 4 atom stereocenters. The molecule has 0 aromatic heterocycles. The van der Waals surface area contributed by atoms with Crippen LogP contribution in [0.3, 0.4) is 0 Å². The van der Waals surface area contributed by atoms with E-state index in [1.807, 2.05) is 6.92 Å². The largest absolute Gasteiger partial charge is 0.481 e. The van der Waals surface area contributed by atoms with Crippen LogP contribution >= 0.6 is 0 Å². The maximum absolute atomic E-state index is 12.6. The number of sulfonamides is 1. The average molecular weight is 381 g/mol. The summed E-state index contributed by atoms with van der Waals surface area (Å²) in [6.45, 7) is 1.93. The van der Waals surface area contributed by atoms with Crippen LogP contribution in [0.25, 0.3) is 0 Å². The van der Waals surface area contributed by atoms with E-state index in [1.54, 1.807) is 24.3 Å². The minimum absolute atomic E-state index is 0.0534. The van der Waals surface area contributed by atoms with Crippen molar-refractivity contribution in [2.75, 3.05) is 17.6 Å². The molecule has 144 valence electrons. The number of amides is 1. The smallest absolute Gasteiger partial charge is 0.261 e. The van der Waals surface area contributed by atoms with Crippen molar-refractivity contribution in [2.45, 2.75) is 51.2 Å². The second-order valence-corrected chi connectivity index (χ2v) is 9.54. The maximum Gasteiger partial charge on any atom is 0.261 e. The molecule has 1 aromatic carbocycles. The molecule has 1 amide bonds. The third-order valence-electron chi connectivity index (χ3n) is 5.71. The summed E-state index contributed by atoms with van der Waals surface area (Å²) in [7, 11) is -1.80. The van der Waals surface area contributed by atoms with E-state index in [-0.39, 0.29) is 5.91 Å². The van der Waals surface area contributed by atoms with Gasteiger partial charge >= 0.3 is 0 Å². The van der Waals surface area contributed by atoms with Gasteiger partial charge in [-0.25, -0.2) is 8.42 Å². The van der Waals surface area contributed by atoms with Crippen LogP contribution in [0.2, 0.25) is 0 Å². The Labute approximate surface area is 156 Å². The van der Waals surface area contributed by atoms with Gasteiger partial charge in [0, 0.05) is 13.1 Å². The van der Waals surface area contributed by atoms with Crippen molar-refractivity contribution in [3.63, 3.8) is 0 Å². The highest BCUT2D eigenvalue weighted by Gasteiger charge is 2.40. The molecule has 2 bridgehead atoms. The molecule has 4 unspecified atom stereocenters. The number of fused-ring (bicyclic) bond motifs is 2. The number of rotatable bonds is 7. The van der Waals surface area contributed by atoms with E-state index in [4.69, 9.17) is 4.74 Å². The third kappa shape index (κ3) is 4.14. The van der Waals surface area contributed by atoms with Gasteiger partial charge in [-0.2, -0.15) is 0 Å². The van der Waals surface area contributed by atoms with Crippen LogP contribution in [0, 0.1) is 11.8 Å². The van der Waals surface area contributed by atoms with Gasteiger partial charge in [0.2, 0.25) is 10.0 Å². The van der Waals surface area contributed by atoms with Gasteiger partial charge in [-0.3, -0.25) is 9.10 Å². The monoisotopic (exact) mass is 380 g/mol. The Morgan fingerprint density at radius 2 is 1.96 bits per heavy atom. The van der Waals surface area contributed by atoms with Crippen LogP contribution in [-0.2, 0) is 14.8 Å². The molecule has 0 aliphatic heterocycles. The number of hydrogen-bond donors (Lipinski definition) is 1. The summed E-state index contributed by atoms with van der Waals surface area (Å²) in [5.41, 5.74) is 0.555. The molecule has 2 aliphatic rings. The zero-order valence-corrected chi connectivity index (χ0v) is 16.5. The number of anilines is 1. The van der Waals surface area contributed by atoms with Crippen molar-refractivity contribution < 1.29 is 17.9 Å². The van der Waals surface area contributed by atoms with E-state index >= 15 is 0 Å². The zero-order valence-electron chi connectivity index (χ0n) is 15.6. The minimum Gasteiger partial charge on any atom is -0.481 e. The highest BCUT2D eigenvalue weighted by atomic mass is 32.2. The first-order valence-corrected chi connectivity index (χ1v) is 11.1. The van der Waals surface area contributed by atoms with E-state index in [0.717, 1.165) is 18.6 Å². The fraction of sp³-hybridized carbons (Fsp3) is 0.632. The van der Waals surface area contributed by atoms with Crippen LogP contribution in [0.1, 0.15) is 39.0 Å². The molecule has 0 heterocycles. The minimum atomic E-state index is -3.30. The molecular weight excluding hydrogens is 352 g/mol. The predicted octanol–water partition coefficient (Wildman–Crippen LogP) is 2.54. The standard InChI is InChI=1S/C19H28N2O4S/c1-4-18(19(22)20-17-12-13-5-6-14(17)11-13)25-16-9-7-15(8-10-16)21(2)26(3,23)24/h7-10,13-14,17-18H,4-6,11-12H2,1-3H3,(H,20,22). The Kier molecular flexibility index (Phi) is 5.46. The zero-order chi connectivity index (χ0) is 18.9. The van der Waals surface area contributed by atoms with Gasteiger partial charge in [-0.05, 0) is 61.8 Å². The van der Waals surface area contributed by atoms with Gasteiger partial charge in [0.25, 0.3) is 5.91 Å². The molecule has 7 heteroatoms. The van der Waals surface area contributed by atoms with E-state index in [0.29, 0.717) is 29.8 Å². The summed E-state index contributed by atoms with van der Waals surface area (Å²) >= 11 is 0. The van der Waals surface area contributed by atoms with Crippen LogP contribution in [0.4, 0.5) is 5.69 Å². The topological polar surface area (TPSA) is 75.7 Å². The normalized spacial score (nSPS) is 25.7. The number of nitrogens with zero attached hydrogens (tertiary/aromatic N) is 1. The Hall–Kier alpha value is -1.76. The molecule has 1 N–H and O–H groups in total. The first kappa shape index (κ1) is 19.0. The summed E-state index contributed by atoms with van der Waals surface area (Å²) in [6, 6.07) is 7.05. The van der Waals surface area contributed by atoms with E-state index < -0.39 is 16.1 Å². The van der Waals surface area contributed by atoms with Crippen LogP contribution in [-0.4, -0.2) is 39.8 Å². The third-order valence-corrected chi connectivity index (χ3v) is 6.91. The van der Waals surface area contributed by atoms with Gasteiger partial charge in [-0.1, -0.05) is 13.3 Å². The van der Waals surface area contributed by atoms with Gasteiger partial charge < -0.3 is 10.1 Å². The molecule has 0 spiro atoms. The highest BCUT2D eigenvalue weighted by Crippen LogP contribution is 2.44. The molecule has 26 heavy (non-hydrogen) atoms. The van der Waals surface area contributed by atoms with E-state index in [2.05, 4.69) is 5.32 Å². The second-order valence-electron chi connectivity index (χ2n) is 7.53. The lowest BCUT2D eigenvalue weighted by Gasteiger charge is -2.26. The molecule has 2 fully saturated rings. The lowest BCUT2D eigenvalue weighted by atomic mass is 9.95. The van der Waals surface area contributed by atoms with Crippen LogP contribution in [0.5, 0.6) is 5.75 Å². The molecular formula is C19H28N2O4S. The van der Waals surface area contributed by atoms with Crippen LogP contribution < -0.4 is 14.4 Å². The lowest BCUT2D eigenvalue weighted by molar-refractivity contribution is -0.129. The van der Waals surface area contributed by atoms with Crippen molar-refractivity contribution in [1.29, 1.82) is 0 Å². The van der Waals surface area contributed by atoms with Gasteiger partial charge in [-0.15, -0.1) is 0 Å². The Morgan fingerprint density at radius 1 is 1.27 bits per heavy atom. The molecule has 1 aromatic rings. The molecule has 6 nitrogen and oxygen atoms in total. The van der Waals surface area contributed by atoms with Crippen molar-refractivity contribution in [3.05, 3.63) is 24.3 Å². The second kappa shape index (κ2) is 7.47. The van der Waals surface area contributed by atoms with Gasteiger partial charge in [0.15, 0.2) is 6.10 Å². The van der Waals surface area contributed by atoms with Crippen LogP contribution in [0.15, 0.2) is 24.3 Å². The maximum atomic E-state index is 12.6. The first-order valence-electron chi connectivity index (χ1n) is 9.29. The van der Waals surface area contributed by atoms with E-state index in [9.17, 15) is 13.2 Å². The Morgan fingerprint density at radius 3 is 2.46 bits per heavy atom. The van der Waals surface area contributed by atoms with Crippen molar-refractivity contribution >= 4 is 21.6 Å². The summed E-state index contributed by atoms with van der Waals surface area (Å²) in [5.74, 6) is 1.92. The average Bonchev–Trinajstić information content (AvgIpc) is 3.21.